The minimum absolute atomic E-state index is 0.0340. The van der Waals surface area contributed by atoms with E-state index in [-0.39, 0.29) is 17.4 Å². The standard InChI is InChI=1S/C28H32N2O2S/c31-26(29-28-15-19-12-20(16-28)14-21(13-19)17-28)18-33-25-10-4-2-8-23(25)27(32)30-11-5-7-22-6-1-3-9-24(22)30/h1-4,6,8-10,19-21H,5,7,11-18H2,(H,29,31). The minimum atomic E-state index is 0.0340. The predicted octanol–water partition coefficient (Wildman–Crippen LogP) is 5.46. The lowest BCUT2D eigenvalue weighted by atomic mass is 9.53. The van der Waals surface area contributed by atoms with Gasteiger partial charge >= 0.3 is 0 Å². The van der Waals surface area contributed by atoms with Gasteiger partial charge in [0.1, 0.15) is 0 Å². The van der Waals surface area contributed by atoms with Gasteiger partial charge in [-0.25, -0.2) is 0 Å². The van der Waals surface area contributed by atoms with E-state index in [1.165, 1.54) is 55.9 Å². The lowest BCUT2D eigenvalue weighted by molar-refractivity contribution is -0.124. The van der Waals surface area contributed by atoms with E-state index in [9.17, 15) is 9.59 Å². The highest BCUT2D eigenvalue weighted by Crippen LogP contribution is 2.55. The Hall–Kier alpha value is -2.27. The molecule has 2 aromatic carbocycles. The zero-order valence-electron chi connectivity index (χ0n) is 19.1. The molecule has 0 spiro atoms. The SMILES string of the molecule is O=C(CSc1ccccc1C(=O)N1CCCc2ccccc21)NC12CC3CC(CC(C3)C1)C2. The molecule has 33 heavy (non-hydrogen) atoms. The summed E-state index contributed by atoms with van der Waals surface area (Å²) in [4.78, 5) is 29.4. The smallest absolute Gasteiger partial charge is 0.259 e. The molecule has 4 bridgehead atoms. The number of thioether (sulfide) groups is 1. The molecule has 4 aliphatic carbocycles. The van der Waals surface area contributed by atoms with Crippen molar-refractivity contribution in [3.8, 4) is 0 Å². The van der Waals surface area contributed by atoms with Crippen LogP contribution < -0.4 is 10.2 Å². The Bertz CT molecular complexity index is 1050. The second kappa shape index (κ2) is 8.50. The van der Waals surface area contributed by atoms with Crippen LogP contribution in [0.15, 0.2) is 53.4 Å². The number of amides is 2. The number of nitrogens with one attached hydrogen (secondary N) is 1. The molecule has 5 aliphatic rings. The molecule has 0 aromatic heterocycles. The Labute approximate surface area is 200 Å². The third-order valence-electron chi connectivity index (χ3n) is 8.27. The third-order valence-corrected chi connectivity index (χ3v) is 9.35. The number of para-hydroxylation sites is 1. The molecule has 4 fully saturated rings. The van der Waals surface area contributed by atoms with Crippen LogP contribution in [0, 0.1) is 17.8 Å². The van der Waals surface area contributed by atoms with Gasteiger partial charge in [0.25, 0.3) is 5.91 Å². The maximum atomic E-state index is 13.5. The van der Waals surface area contributed by atoms with Gasteiger partial charge in [-0.2, -0.15) is 0 Å². The molecule has 0 radical (unpaired) electrons. The molecule has 4 nitrogen and oxygen atoms in total. The molecule has 1 heterocycles. The van der Waals surface area contributed by atoms with Gasteiger partial charge in [0, 0.05) is 22.7 Å². The number of fused-ring (bicyclic) bond motifs is 1. The quantitative estimate of drug-likeness (QED) is 0.603. The summed E-state index contributed by atoms with van der Waals surface area (Å²) in [5, 5.41) is 3.46. The molecular formula is C28H32N2O2S. The van der Waals surface area contributed by atoms with Gasteiger partial charge in [0.15, 0.2) is 0 Å². The van der Waals surface area contributed by atoms with Crippen molar-refractivity contribution in [2.24, 2.45) is 17.8 Å². The first-order valence-electron chi connectivity index (χ1n) is 12.5. The van der Waals surface area contributed by atoms with Gasteiger partial charge in [-0.15, -0.1) is 11.8 Å². The molecule has 5 heteroatoms. The molecule has 0 atom stereocenters. The summed E-state index contributed by atoms with van der Waals surface area (Å²) in [6.45, 7) is 0.737. The van der Waals surface area contributed by atoms with Crippen LogP contribution in [0.3, 0.4) is 0 Å². The van der Waals surface area contributed by atoms with Crippen LogP contribution in [0.5, 0.6) is 0 Å². The van der Waals surface area contributed by atoms with E-state index in [2.05, 4.69) is 11.4 Å². The molecule has 2 amide bonds. The zero-order chi connectivity index (χ0) is 22.4. The second-order valence-electron chi connectivity index (χ2n) is 10.7. The summed E-state index contributed by atoms with van der Waals surface area (Å²) in [6.07, 6.45) is 9.61. The highest BCUT2D eigenvalue weighted by Gasteiger charge is 2.51. The number of benzene rings is 2. The molecule has 4 saturated carbocycles. The van der Waals surface area contributed by atoms with Gasteiger partial charge in [0.05, 0.1) is 11.3 Å². The van der Waals surface area contributed by atoms with Crippen molar-refractivity contribution in [2.75, 3.05) is 17.2 Å². The summed E-state index contributed by atoms with van der Waals surface area (Å²) in [6, 6.07) is 16.0. The molecule has 1 N–H and O–H groups in total. The first kappa shape index (κ1) is 21.3. The number of aryl methyl sites for hydroxylation is 1. The average molecular weight is 461 g/mol. The summed E-state index contributed by atoms with van der Waals surface area (Å²) >= 11 is 1.50. The number of carbonyl (C=O) groups excluding carboxylic acids is 2. The zero-order valence-corrected chi connectivity index (χ0v) is 19.9. The number of hydrogen-bond acceptors (Lipinski definition) is 3. The van der Waals surface area contributed by atoms with E-state index in [4.69, 9.17) is 0 Å². The molecular weight excluding hydrogens is 428 g/mol. The number of anilines is 1. The lowest BCUT2D eigenvalue weighted by Crippen LogP contribution is -2.60. The number of rotatable bonds is 5. The third kappa shape index (κ3) is 4.09. The van der Waals surface area contributed by atoms with Gasteiger partial charge in [0.2, 0.25) is 5.91 Å². The van der Waals surface area contributed by atoms with E-state index >= 15 is 0 Å². The van der Waals surface area contributed by atoms with E-state index in [1.54, 1.807) is 0 Å². The molecule has 0 saturated heterocycles. The van der Waals surface area contributed by atoms with E-state index < -0.39 is 0 Å². The number of hydrogen-bond donors (Lipinski definition) is 1. The lowest BCUT2D eigenvalue weighted by Gasteiger charge is -2.56. The minimum Gasteiger partial charge on any atom is -0.350 e. The van der Waals surface area contributed by atoms with Crippen LogP contribution in [0.25, 0.3) is 0 Å². The normalized spacial score (nSPS) is 29.6. The fraction of sp³-hybridized carbons (Fsp3) is 0.500. The highest BCUT2D eigenvalue weighted by atomic mass is 32.2. The number of nitrogens with zero attached hydrogens (tertiary/aromatic N) is 1. The summed E-state index contributed by atoms with van der Waals surface area (Å²) in [5.41, 5.74) is 2.99. The molecule has 1 aliphatic heterocycles. The van der Waals surface area contributed by atoms with Crippen LogP contribution in [0.4, 0.5) is 5.69 Å². The van der Waals surface area contributed by atoms with Crippen molar-refractivity contribution in [3.05, 3.63) is 59.7 Å². The molecule has 2 aromatic rings. The molecule has 0 unspecified atom stereocenters. The maximum Gasteiger partial charge on any atom is 0.259 e. The first-order valence-corrected chi connectivity index (χ1v) is 13.5. The van der Waals surface area contributed by atoms with Gasteiger partial charge in [-0.05, 0) is 92.9 Å². The number of carbonyl (C=O) groups is 2. The molecule has 172 valence electrons. The summed E-state index contributed by atoms with van der Waals surface area (Å²) < 4.78 is 0. The monoisotopic (exact) mass is 460 g/mol. The van der Waals surface area contributed by atoms with E-state index in [0.717, 1.165) is 47.7 Å². The van der Waals surface area contributed by atoms with Crippen molar-refractivity contribution < 1.29 is 9.59 Å². The fourth-order valence-corrected chi connectivity index (χ4v) is 8.24. The average Bonchev–Trinajstić information content (AvgIpc) is 2.81. The summed E-state index contributed by atoms with van der Waals surface area (Å²) in [7, 11) is 0. The van der Waals surface area contributed by atoms with Crippen molar-refractivity contribution in [3.63, 3.8) is 0 Å². The Kier molecular flexibility index (Phi) is 5.48. The Morgan fingerprint density at radius 2 is 1.61 bits per heavy atom. The van der Waals surface area contributed by atoms with Gasteiger partial charge in [-0.1, -0.05) is 30.3 Å². The fourth-order valence-electron chi connectivity index (χ4n) is 7.40. The van der Waals surface area contributed by atoms with Crippen LogP contribution in [-0.4, -0.2) is 29.7 Å². The Morgan fingerprint density at radius 1 is 0.939 bits per heavy atom. The van der Waals surface area contributed by atoms with Crippen molar-refractivity contribution in [1.82, 2.24) is 5.32 Å². The molecule has 7 rings (SSSR count). The summed E-state index contributed by atoms with van der Waals surface area (Å²) in [5.74, 6) is 2.96. The van der Waals surface area contributed by atoms with E-state index in [0.29, 0.717) is 11.3 Å². The van der Waals surface area contributed by atoms with Crippen LogP contribution in [0.1, 0.15) is 60.9 Å². The van der Waals surface area contributed by atoms with Crippen LogP contribution >= 0.6 is 11.8 Å². The van der Waals surface area contributed by atoms with Crippen molar-refractivity contribution in [2.45, 2.75) is 61.8 Å². The topological polar surface area (TPSA) is 49.4 Å². The Morgan fingerprint density at radius 3 is 2.36 bits per heavy atom. The van der Waals surface area contributed by atoms with E-state index in [1.807, 2.05) is 47.4 Å². The largest absolute Gasteiger partial charge is 0.350 e. The van der Waals surface area contributed by atoms with Gasteiger partial charge in [-0.3, -0.25) is 9.59 Å². The van der Waals surface area contributed by atoms with Crippen molar-refractivity contribution >= 4 is 29.3 Å². The maximum absolute atomic E-state index is 13.5. The predicted molar refractivity (Wildman–Crippen MR) is 133 cm³/mol. The van der Waals surface area contributed by atoms with Crippen LogP contribution in [-0.2, 0) is 11.2 Å². The van der Waals surface area contributed by atoms with Crippen LogP contribution in [0.2, 0.25) is 0 Å². The first-order chi connectivity index (χ1) is 16.1. The van der Waals surface area contributed by atoms with Gasteiger partial charge < -0.3 is 10.2 Å². The second-order valence-corrected chi connectivity index (χ2v) is 11.7. The highest BCUT2D eigenvalue weighted by molar-refractivity contribution is 8.00. The Balaban J connectivity index is 1.15. The van der Waals surface area contributed by atoms with Crippen molar-refractivity contribution in [1.29, 1.82) is 0 Å².